The SMILES string of the molecule is Nc1nc(Nc2ccc(S(N)(=O)=O)cc2)nn1C(=O)c1c(F)ccc(Cl)c1F. The van der Waals surface area contributed by atoms with Crippen molar-refractivity contribution in [2.45, 2.75) is 4.90 Å². The number of nitrogens with one attached hydrogen (secondary N) is 1. The number of carbonyl (C=O) groups excluding carboxylic acids is 1. The predicted molar refractivity (Wildman–Crippen MR) is 96.6 cm³/mol. The number of benzene rings is 2. The zero-order valence-corrected chi connectivity index (χ0v) is 15.3. The summed E-state index contributed by atoms with van der Waals surface area (Å²) in [4.78, 5) is 16.1. The molecule has 3 rings (SSSR count). The van der Waals surface area contributed by atoms with Gasteiger partial charge in [0.1, 0.15) is 11.4 Å². The molecule has 9 nitrogen and oxygen atoms in total. The second kappa shape index (κ2) is 7.14. The Morgan fingerprint density at radius 1 is 1.14 bits per heavy atom. The van der Waals surface area contributed by atoms with Crippen molar-refractivity contribution >= 4 is 45.1 Å². The maximum atomic E-state index is 14.0. The average molecular weight is 429 g/mol. The summed E-state index contributed by atoms with van der Waals surface area (Å²) < 4.78 is 50.9. The normalized spacial score (nSPS) is 11.4. The number of anilines is 3. The van der Waals surface area contributed by atoms with E-state index in [1.807, 2.05) is 0 Å². The van der Waals surface area contributed by atoms with Crippen molar-refractivity contribution in [3.8, 4) is 0 Å². The van der Waals surface area contributed by atoms with Crippen LogP contribution < -0.4 is 16.2 Å². The number of carbonyl (C=O) groups is 1. The number of aromatic nitrogens is 3. The largest absolute Gasteiger partial charge is 0.368 e. The minimum absolute atomic E-state index is 0.113. The molecular formula is C15H11ClF2N6O3S. The summed E-state index contributed by atoms with van der Waals surface area (Å²) in [6.07, 6.45) is 0. The zero-order valence-electron chi connectivity index (χ0n) is 13.7. The van der Waals surface area contributed by atoms with Gasteiger partial charge in [0.05, 0.1) is 9.92 Å². The lowest BCUT2D eigenvalue weighted by atomic mass is 10.2. The minimum Gasteiger partial charge on any atom is -0.368 e. The number of sulfonamides is 1. The Kier molecular flexibility index (Phi) is 5.02. The molecule has 5 N–H and O–H groups in total. The number of hydrogen-bond acceptors (Lipinski definition) is 7. The first-order valence-electron chi connectivity index (χ1n) is 7.38. The standard InChI is InChI=1S/C15H11ClF2N6O3S/c16-9-5-6-10(17)11(12(9)18)13(25)24-14(19)22-15(23-24)21-7-1-3-8(4-2-7)28(20,26)27/h1-6H,(H2,20,26,27)(H3,19,21,22,23). The molecule has 0 atom stereocenters. The lowest BCUT2D eigenvalue weighted by Crippen LogP contribution is -2.19. The van der Waals surface area contributed by atoms with E-state index in [2.05, 4.69) is 15.4 Å². The molecule has 13 heteroatoms. The van der Waals surface area contributed by atoms with E-state index < -0.39 is 44.1 Å². The molecule has 0 aliphatic heterocycles. The van der Waals surface area contributed by atoms with Crippen LogP contribution in [-0.4, -0.2) is 29.1 Å². The summed E-state index contributed by atoms with van der Waals surface area (Å²) in [5.74, 6) is -4.21. The molecule has 0 radical (unpaired) electrons. The number of nitrogens with zero attached hydrogens (tertiary/aromatic N) is 3. The van der Waals surface area contributed by atoms with E-state index in [4.69, 9.17) is 22.5 Å². The summed E-state index contributed by atoms with van der Waals surface area (Å²) in [6.45, 7) is 0. The molecular weight excluding hydrogens is 418 g/mol. The molecule has 0 fully saturated rings. The highest BCUT2D eigenvalue weighted by Crippen LogP contribution is 2.23. The first-order valence-corrected chi connectivity index (χ1v) is 9.31. The predicted octanol–water partition coefficient (Wildman–Crippen LogP) is 1.87. The van der Waals surface area contributed by atoms with Gasteiger partial charge in [0.25, 0.3) is 5.91 Å². The Balaban J connectivity index is 1.90. The maximum Gasteiger partial charge on any atom is 0.287 e. The Bertz CT molecular complexity index is 1180. The van der Waals surface area contributed by atoms with Gasteiger partial charge >= 0.3 is 0 Å². The van der Waals surface area contributed by atoms with Gasteiger partial charge in [0.2, 0.25) is 21.9 Å². The second-order valence-corrected chi connectivity index (χ2v) is 7.39. The molecule has 0 saturated heterocycles. The molecule has 0 aliphatic rings. The molecule has 1 heterocycles. The molecule has 2 aromatic carbocycles. The van der Waals surface area contributed by atoms with Crippen molar-refractivity contribution in [2.75, 3.05) is 11.1 Å². The number of nitrogens with two attached hydrogens (primary N) is 2. The van der Waals surface area contributed by atoms with Crippen molar-refractivity contribution in [1.29, 1.82) is 0 Å². The molecule has 0 spiro atoms. The van der Waals surface area contributed by atoms with Crippen molar-refractivity contribution in [3.63, 3.8) is 0 Å². The van der Waals surface area contributed by atoms with Gasteiger partial charge in [0, 0.05) is 5.69 Å². The number of primary sulfonamides is 1. The first kappa shape index (κ1) is 19.7. The van der Waals surface area contributed by atoms with E-state index in [-0.39, 0.29) is 10.8 Å². The van der Waals surface area contributed by atoms with Gasteiger partial charge in [-0.2, -0.15) is 9.67 Å². The molecule has 0 aliphatic carbocycles. The van der Waals surface area contributed by atoms with Gasteiger partial charge in [-0.15, -0.1) is 5.10 Å². The van der Waals surface area contributed by atoms with Crippen LogP contribution in [0.1, 0.15) is 10.4 Å². The third-order valence-corrected chi connectivity index (χ3v) is 4.74. The van der Waals surface area contributed by atoms with E-state index in [9.17, 15) is 22.0 Å². The zero-order chi connectivity index (χ0) is 20.6. The van der Waals surface area contributed by atoms with Gasteiger partial charge in [-0.25, -0.2) is 22.3 Å². The first-order chi connectivity index (χ1) is 13.1. The quantitative estimate of drug-likeness (QED) is 0.537. The van der Waals surface area contributed by atoms with Crippen LogP contribution in [0.15, 0.2) is 41.3 Å². The Labute approximate surface area is 162 Å². The van der Waals surface area contributed by atoms with Gasteiger partial charge in [-0.1, -0.05) is 11.6 Å². The van der Waals surface area contributed by atoms with Crippen molar-refractivity contribution in [2.24, 2.45) is 5.14 Å². The van der Waals surface area contributed by atoms with Crippen LogP contribution in [0.25, 0.3) is 0 Å². The van der Waals surface area contributed by atoms with E-state index in [0.717, 1.165) is 12.1 Å². The van der Waals surface area contributed by atoms with Crippen molar-refractivity contribution in [1.82, 2.24) is 14.8 Å². The van der Waals surface area contributed by atoms with Crippen molar-refractivity contribution < 1.29 is 22.0 Å². The van der Waals surface area contributed by atoms with E-state index in [1.54, 1.807) is 0 Å². The Hall–Kier alpha value is -3.09. The molecule has 0 amide bonds. The van der Waals surface area contributed by atoms with Crippen LogP contribution in [0.5, 0.6) is 0 Å². The van der Waals surface area contributed by atoms with Gasteiger partial charge < -0.3 is 11.1 Å². The lowest BCUT2D eigenvalue weighted by molar-refractivity contribution is 0.0939. The molecule has 0 saturated carbocycles. The molecule has 0 unspecified atom stereocenters. The lowest BCUT2D eigenvalue weighted by Gasteiger charge is -2.06. The maximum absolute atomic E-state index is 14.0. The van der Waals surface area contributed by atoms with Gasteiger partial charge in [-0.05, 0) is 36.4 Å². The van der Waals surface area contributed by atoms with Crippen LogP contribution in [0.3, 0.4) is 0 Å². The molecule has 146 valence electrons. The summed E-state index contributed by atoms with van der Waals surface area (Å²) >= 11 is 5.58. The summed E-state index contributed by atoms with van der Waals surface area (Å²) in [5, 5.41) is 11.0. The second-order valence-electron chi connectivity index (χ2n) is 5.42. The van der Waals surface area contributed by atoms with E-state index in [0.29, 0.717) is 10.4 Å². The molecule has 0 bridgehead atoms. The topological polar surface area (TPSA) is 146 Å². The highest BCUT2D eigenvalue weighted by molar-refractivity contribution is 7.89. The Morgan fingerprint density at radius 3 is 2.39 bits per heavy atom. The summed E-state index contributed by atoms with van der Waals surface area (Å²) in [6, 6.07) is 7.01. The van der Waals surface area contributed by atoms with Crippen LogP contribution in [0.4, 0.5) is 26.4 Å². The van der Waals surface area contributed by atoms with Crippen LogP contribution in [-0.2, 0) is 10.0 Å². The summed E-state index contributed by atoms with van der Waals surface area (Å²) in [5.41, 5.74) is 5.02. The third kappa shape index (κ3) is 3.78. The van der Waals surface area contributed by atoms with E-state index in [1.165, 1.54) is 24.3 Å². The fourth-order valence-corrected chi connectivity index (χ4v) is 2.89. The van der Waals surface area contributed by atoms with Crippen LogP contribution in [0, 0.1) is 11.6 Å². The minimum atomic E-state index is -3.86. The number of halogens is 3. The van der Waals surface area contributed by atoms with Gasteiger partial charge in [-0.3, -0.25) is 4.79 Å². The number of nitrogen functional groups attached to an aromatic ring is 1. The number of hydrogen-bond donors (Lipinski definition) is 3. The highest BCUT2D eigenvalue weighted by atomic mass is 35.5. The monoisotopic (exact) mass is 428 g/mol. The molecule has 3 aromatic rings. The fourth-order valence-electron chi connectivity index (χ4n) is 2.21. The third-order valence-electron chi connectivity index (χ3n) is 3.52. The van der Waals surface area contributed by atoms with Crippen molar-refractivity contribution in [3.05, 3.63) is 58.6 Å². The van der Waals surface area contributed by atoms with Crippen LogP contribution in [0.2, 0.25) is 5.02 Å². The van der Waals surface area contributed by atoms with Gasteiger partial charge in [0.15, 0.2) is 5.82 Å². The summed E-state index contributed by atoms with van der Waals surface area (Å²) in [7, 11) is -3.86. The Morgan fingerprint density at radius 2 is 1.79 bits per heavy atom. The average Bonchev–Trinajstić information content (AvgIpc) is 2.98. The smallest absolute Gasteiger partial charge is 0.287 e. The fraction of sp³-hybridized carbons (Fsp3) is 0. The molecule has 1 aromatic heterocycles. The molecule has 28 heavy (non-hydrogen) atoms. The highest BCUT2D eigenvalue weighted by Gasteiger charge is 2.24. The van der Waals surface area contributed by atoms with E-state index >= 15 is 0 Å². The van der Waals surface area contributed by atoms with Crippen LogP contribution >= 0.6 is 11.6 Å². The number of rotatable bonds is 4.